The van der Waals surface area contributed by atoms with Crippen molar-refractivity contribution < 1.29 is 0 Å². The SMILES string of the molecule is c1ccc(-c2ccc(N(c3ccc4c(c3)c3ccccc3n4-c3ccccc3)c3ccc(N(c4ccc(-c5ccccc5)cc4)c4ccc5c(c4)c4ccccc4n5-c4ccccc4)c4sccc34)cc2)cc1. The largest absolute Gasteiger partial charge is 0.310 e. The molecule has 14 aromatic rings. The van der Waals surface area contributed by atoms with Crippen molar-refractivity contribution in [2.75, 3.05) is 9.80 Å². The molecule has 0 atom stereocenters. The van der Waals surface area contributed by atoms with Gasteiger partial charge in [-0.2, -0.15) is 0 Å². The lowest BCUT2D eigenvalue weighted by Crippen LogP contribution is -2.13. The zero-order valence-corrected chi connectivity index (χ0v) is 40.6. The highest BCUT2D eigenvalue weighted by Crippen LogP contribution is 2.49. The molecule has 0 unspecified atom stereocenters. The van der Waals surface area contributed by atoms with Crippen molar-refractivity contribution in [1.29, 1.82) is 0 Å². The summed E-state index contributed by atoms with van der Waals surface area (Å²) in [5, 5.41) is 8.27. The first-order valence-electron chi connectivity index (χ1n) is 24.8. The lowest BCUT2D eigenvalue weighted by molar-refractivity contribution is 1.18. The molecule has 344 valence electrons. The molecule has 14 rings (SSSR count). The quantitative estimate of drug-likeness (QED) is 0.136. The van der Waals surface area contributed by atoms with E-state index in [9.17, 15) is 0 Å². The van der Waals surface area contributed by atoms with E-state index in [4.69, 9.17) is 0 Å². The van der Waals surface area contributed by atoms with Gasteiger partial charge >= 0.3 is 0 Å². The molecule has 5 heteroatoms. The molecular formula is C68H46N4S. The Bertz CT molecular complexity index is 4010. The van der Waals surface area contributed by atoms with Crippen LogP contribution in [-0.4, -0.2) is 9.13 Å². The number of para-hydroxylation sites is 4. The third-order valence-electron chi connectivity index (χ3n) is 14.4. The van der Waals surface area contributed by atoms with E-state index in [2.05, 4.69) is 297 Å². The number of rotatable bonds is 10. The summed E-state index contributed by atoms with van der Waals surface area (Å²) in [6, 6.07) is 99.2. The number of nitrogens with zero attached hydrogens (tertiary/aromatic N) is 4. The molecule has 0 spiro atoms. The van der Waals surface area contributed by atoms with E-state index >= 15 is 0 Å². The van der Waals surface area contributed by atoms with Crippen molar-refractivity contribution in [2.24, 2.45) is 0 Å². The molecule has 0 bridgehead atoms. The van der Waals surface area contributed by atoms with Crippen LogP contribution >= 0.6 is 11.3 Å². The fourth-order valence-electron chi connectivity index (χ4n) is 11.0. The van der Waals surface area contributed by atoms with Crippen LogP contribution in [0.15, 0.2) is 278 Å². The monoisotopic (exact) mass is 950 g/mol. The Morgan fingerprint density at radius 2 is 0.630 bits per heavy atom. The first-order valence-corrected chi connectivity index (χ1v) is 25.7. The topological polar surface area (TPSA) is 16.3 Å². The van der Waals surface area contributed by atoms with Crippen molar-refractivity contribution >= 4 is 99.2 Å². The van der Waals surface area contributed by atoms with E-state index < -0.39 is 0 Å². The van der Waals surface area contributed by atoms with Crippen LogP contribution in [0.4, 0.5) is 34.1 Å². The molecular weight excluding hydrogens is 905 g/mol. The van der Waals surface area contributed by atoms with Crippen LogP contribution in [0.5, 0.6) is 0 Å². The van der Waals surface area contributed by atoms with Crippen molar-refractivity contribution in [3.63, 3.8) is 0 Å². The Hall–Kier alpha value is -9.42. The molecule has 0 saturated carbocycles. The lowest BCUT2D eigenvalue weighted by Gasteiger charge is -2.30. The molecule has 0 aliphatic rings. The van der Waals surface area contributed by atoms with Gasteiger partial charge in [0.1, 0.15) is 0 Å². The van der Waals surface area contributed by atoms with E-state index in [0.717, 1.165) is 45.5 Å². The summed E-state index contributed by atoms with van der Waals surface area (Å²) in [7, 11) is 0. The maximum Gasteiger partial charge on any atom is 0.0641 e. The summed E-state index contributed by atoms with van der Waals surface area (Å²) >= 11 is 1.79. The van der Waals surface area contributed by atoms with Gasteiger partial charge in [0.15, 0.2) is 0 Å². The van der Waals surface area contributed by atoms with Crippen LogP contribution in [-0.2, 0) is 0 Å². The van der Waals surface area contributed by atoms with Crippen molar-refractivity contribution in [3.05, 3.63) is 278 Å². The molecule has 0 saturated heterocycles. The smallest absolute Gasteiger partial charge is 0.0641 e. The zero-order valence-electron chi connectivity index (χ0n) is 39.8. The van der Waals surface area contributed by atoms with Crippen LogP contribution in [0, 0.1) is 0 Å². The van der Waals surface area contributed by atoms with Crippen LogP contribution < -0.4 is 9.80 Å². The van der Waals surface area contributed by atoms with Gasteiger partial charge in [0.05, 0.1) is 38.1 Å². The molecule has 3 aromatic heterocycles. The molecule has 73 heavy (non-hydrogen) atoms. The van der Waals surface area contributed by atoms with Gasteiger partial charge in [-0.05, 0) is 143 Å². The summed E-state index contributed by atoms with van der Waals surface area (Å²) in [6.07, 6.45) is 0. The normalized spacial score (nSPS) is 11.6. The predicted octanol–water partition coefficient (Wildman–Crippen LogP) is 19.4. The van der Waals surface area contributed by atoms with Gasteiger partial charge < -0.3 is 18.9 Å². The van der Waals surface area contributed by atoms with E-state index in [0.29, 0.717) is 0 Å². The first-order chi connectivity index (χ1) is 36.2. The van der Waals surface area contributed by atoms with Crippen LogP contribution in [0.25, 0.3) is 87.3 Å². The van der Waals surface area contributed by atoms with Gasteiger partial charge in [0.25, 0.3) is 0 Å². The Balaban J connectivity index is 0.967. The lowest BCUT2D eigenvalue weighted by atomic mass is 10.0. The standard InChI is InChI=1S/C68H46N4S/c1-5-17-47(18-6-1)49-29-33-53(34-30-49)69(55-37-39-65-60(45-55)57-25-13-15-27-62(57)71(65)51-21-9-3-10-22-51)64-41-42-67(68-59(64)43-44-73-68)70(54-35-31-50(32-36-54)48-19-7-2-8-20-48)56-38-40-66-61(46-56)58-26-14-16-28-63(58)72(66)52-23-11-4-12-24-52/h1-46H. The third kappa shape index (κ3) is 7.28. The second kappa shape index (κ2) is 17.8. The molecule has 3 heterocycles. The number of benzene rings is 11. The predicted molar refractivity (Wildman–Crippen MR) is 311 cm³/mol. The molecule has 0 fully saturated rings. The second-order valence-electron chi connectivity index (χ2n) is 18.5. The highest BCUT2D eigenvalue weighted by atomic mass is 32.1. The maximum absolute atomic E-state index is 2.45. The number of hydrogen-bond donors (Lipinski definition) is 0. The number of fused-ring (bicyclic) bond motifs is 7. The molecule has 4 nitrogen and oxygen atoms in total. The van der Waals surface area contributed by atoms with Crippen LogP contribution in [0.2, 0.25) is 0 Å². The summed E-state index contributed by atoms with van der Waals surface area (Å²) in [4.78, 5) is 4.90. The van der Waals surface area contributed by atoms with Crippen LogP contribution in [0.3, 0.4) is 0 Å². The molecule has 0 aliphatic heterocycles. The fourth-order valence-corrected chi connectivity index (χ4v) is 12.0. The Morgan fingerprint density at radius 3 is 1.11 bits per heavy atom. The Labute approximate surface area is 427 Å². The highest BCUT2D eigenvalue weighted by Gasteiger charge is 2.24. The molecule has 0 amide bonds. The summed E-state index contributed by atoms with van der Waals surface area (Å²) in [6.45, 7) is 0. The third-order valence-corrected chi connectivity index (χ3v) is 15.3. The van der Waals surface area contributed by atoms with E-state index in [1.807, 2.05) is 0 Å². The average molecular weight is 951 g/mol. The van der Waals surface area contributed by atoms with Crippen molar-refractivity contribution in [2.45, 2.75) is 0 Å². The van der Waals surface area contributed by atoms with E-state index in [1.54, 1.807) is 11.3 Å². The Kier molecular flexibility index (Phi) is 10.3. The van der Waals surface area contributed by atoms with Crippen molar-refractivity contribution in [3.8, 4) is 33.6 Å². The van der Waals surface area contributed by atoms with E-state index in [-0.39, 0.29) is 0 Å². The van der Waals surface area contributed by atoms with Gasteiger partial charge in [0, 0.05) is 61.1 Å². The van der Waals surface area contributed by atoms with Crippen molar-refractivity contribution in [1.82, 2.24) is 9.13 Å². The van der Waals surface area contributed by atoms with Gasteiger partial charge in [-0.15, -0.1) is 11.3 Å². The maximum atomic E-state index is 2.45. The minimum atomic E-state index is 1.08. The first kappa shape index (κ1) is 42.5. The molecule has 0 radical (unpaired) electrons. The minimum absolute atomic E-state index is 1.08. The molecule has 0 N–H and O–H groups in total. The molecule has 11 aromatic carbocycles. The highest BCUT2D eigenvalue weighted by molar-refractivity contribution is 7.18. The van der Waals surface area contributed by atoms with Gasteiger partial charge in [-0.1, -0.05) is 158 Å². The Morgan fingerprint density at radius 1 is 0.260 bits per heavy atom. The summed E-state index contributed by atoms with van der Waals surface area (Å²) in [5.74, 6) is 0. The fraction of sp³-hybridized carbons (Fsp3) is 0. The van der Waals surface area contributed by atoms with Gasteiger partial charge in [-0.25, -0.2) is 0 Å². The van der Waals surface area contributed by atoms with E-state index in [1.165, 1.54) is 76.0 Å². The minimum Gasteiger partial charge on any atom is -0.310 e. The number of hydrogen-bond acceptors (Lipinski definition) is 3. The number of thiophene rings is 1. The molecule has 0 aliphatic carbocycles. The number of aromatic nitrogens is 2. The van der Waals surface area contributed by atoms with Gasteiger partial charge in [-0.3, -0.25) is 0 Å². The number of anilines is 6. The summed E-state index contributed by atoms with van der Waals surface area (Å²) in [5.41, 5.74) is 18.3. The second-order valence-corrected chi connectivity index (χ2v) is 19.5. The van der Waals surface area contributed by atoms with Gasteiger partial charge in [0.2, 0.25) is 0 Å². The van der Waals surface area contributed by atoms with Crippen LogP contribution in [0.1, 0.15) is 0 Å². The summed E-state index contributed by atoms with van der Waals surface area (Å²) < 4.78 is 5.97. The zero-order chi connectivity index (χ0) is 48.2. The average Bonchev–Trinajstić information content (AvgIpc) is 4.19.